The van der Waals surface area contributed by atoms with Crippen LogP contribution in [0.3, 0.4) is 0 Å². The van der Waals surface area contributed by atoms with Crippen LogP contribution in [0.5, 0.6) is 0 Å². The van der Waals surface area contributed by atoms with E-state index in [1.807, 2.05) is 0 Å². The second kappa shape index (κ2) is 7.18. The van der Waals surface area contributed by atoms with Gasteiger partial charge in [-0.15, -0.1) is 0 Å². The fourth-order valence-corrected chi connectivity index (χ4v) is 5.70. The predicted octanol–water partition coefficient (Wildman–Crippen LogP) is 3.62. The van der Waals surface area contributed by atoms with E-state index in [4.69, 9.17) is 14.2 Å². The van der Waals surface area contributed by atoms with Crippen LogP contribution >= 0.6 is 0 Å². The normalized spacial score (nSPS) is 38.9. The second-order valence-electron chi connectivity index (χ2n) is 9.25. The molecule has 32 heavy (non-hydrogen) atoms. The average molecular weight is 478 g/mol. The highest BCUT2D eigenvalue weighted by molar-refractivity contribution is 5.78. The fraction of sp³-hybridized carbons (Fsp3) is 0.895. The highest BCUT2D eigenvalue weighted by atomic mass is 19.4. The Morgan fingerprint density at radius 2 is 1.56 bits per heavy atom. The molecule has 3 atom stereocenters. The predicted molar refractivity (Wildman–Crippen MR) is 88.5 cm³/mol. The van der Waals surface area contributed by atoms with Crippen molar-refractivity contribution in [2.24, 2.45) is 17.8 Å². The zero-order valence-electron chi connectivity index (χ0n) is 16.9. The van der Waals surface area contributed by atoms with Gasteiger partial charge in [-0.25, -0.2) is 9.59 Å². The van der Waals surface area contributed by atoms with E-state index in [1.165, 1.54) is 0 Å². The Balaban J connectivity index is 1.41. The first kappa shape index (κ1) is 23.5. The minimum atomic E-state index is -6.08. The molecule has 3 unspecified atom stereocenters. The lowest BCUT2D eigenvalue weighted by Gasteiger charge is -2.62. The number of hydrogen-bond donors (Lipinski definition) is 0. The van der Waals surface area contributed by atoms with Crippen molar-refractivity contribution < 1.29 is 59.3 Å². The van der Waals surface area contributed by atoms with Crippen LogP contribution in [0.25, 0.3) is 0 Å². The Morgan fingerprint density at radius 1 is 0.969 bits per heavy atom. The topological polar surface area (TPSA) is 71.1 Å². The smallest absolute Gasteiger partial charge is 0.458 e. The minimum Gasteiger partial charge on any atom is -0.458 e. The molecule has 4 saturated carbocycles. The van der Waals surface area contributed by atoms with Gasteiger partial charge >= 0.3 is 30.0 Å². The maximum atomic E-state index is 13.4. The van der Waals surface area contributed by atoms with Crippen molar-refractivity contribution >= 4 is 11.9 Å². The molecule has 0 aromatic rings. The van der Waals surface area contributed by atoms with Gasteiger partial charge in [0.05, 0.1) is 6.61 Å². The third-order valence-corrected chi connectivity index (χ3v) is 6.80. The first-order valence-electron chi connectivity index (χ1n) is 10.1. The van der Waals surface area contributed by atoms with E-state index in [0.717, 1.165) is 0 Å². The van der Waals surface area contributed by atoms with Crippen molar-refractivity contribution in [3.63, 3.8) is 0 Å². The molecule has 1 aliphatic heterocycles. The lowest BCUT2D eigenvalue weighted by Crippen LogP contribution is -2.65. The maximum absolute atomic E-state index is 13.4. The number of alkyl halides is 7. The lowest BCUT2D eigenvalue weighted by molar-refractivity contribution is -0.322. The summed E-state index contributed by atoms with van der Waals surface area (Å²) in [5, 5.41) is 0. The Kier molecular flexibility index (Phi) is 5.28. The van der Waals surface area contributed by atoms with E-state index < -0.39 is 54.1 Å². The van der Waals surface area contributed by atoms with Gasteiger partial charge < -0.3 is 18.9 Å². The molecule has 1 saturated heterocycles. The third kappa shape index (κ3) is 3.74. The number of ether oxygens (including phenoxy) is 4. The Bertz CT molecular complexity index is 776. The largest absolute Gasteiger partial charge is 0.465 e. The zero-order valence-corrected chi connectivity index (χ0v) is 16.9. The molecule has 4 aliphatic carbocycles. The third-order valence-electron chi connectivity index (χ3n) is 6.80. The van der Waals surface area contributed by atoms with Gasteiger partial charge in [-0.1, -0.05) is 0 Å². The summed E-state index contributed by atoms with van der Waals surface area (Å²) in [7, 11) is 0. The van der Waals surface area contributed by atoms with Gasteiger partial charge in [0, 0.05) is 18.8 Å². The Labute approximate surface area is 177 Å². The quantitative estimate of drug-likeness (QED) is 0.444. The summed E-state index contributed by atoms with van der Waals surface area (Å²) in [6, 6.07) is 0. The van der Waals surface area contributed by atoms with Crippen molar-refractivity contribution in [2.45, 2.75) is 74.5 Å². The summed E-state index contributed by atoms with van der Waals surface area (Å²) in [6.07, 6.45) is -5.14. The van der Waals surface area contributed by atoms with E-state index in [-0.39, 0.29) is 37.2 Å². The molecule has 13 heteroatoms. The molecular formula is C19H21F7O6. The van der Waals surface area contributed by atoms with Crippen LogP contribution in [0.4, 0.5) is 30.7 Å². The lowest BCUT2D eigenvalue weighted by atomic mass is 9.51. The van der Waals surface area contributed by atoms with Crippen molar-refractivity contribution in [3.05, 3.63) is 0 Å². The molecule has 5 rings (SSSR count). The van der Waals surface area contributed by atoms with E-state index in [1.54, 1.807) is 0 Å². The van der Waals surface area contributed by atoms with E-state index in [2.05, 4.69) is 4.74 Å². The van der Waals surface area contributed by atoms with Gasteiger partial charge in [0.15, 0.2) is 5.79 Å². The van der Waals surface area contributed by atoms with Gasteiger partial charge in [-0.2, -0.15) is 30.7 Å². The molecule has 0 amide bonds. The molecule has 182 valence electrons. The number of halogens is 7. The number of hydrogen-bond acceptors (Lipinski definition) is 6. The molecule has 5 fully saturated rings. The van der Waals surface area contributed by atoms with Crippen LogP contribution in [0.1, 0.15) is 39.0 Å². The van der Waals surface area contributed by atoms with Crippen LogP contribution < -0.4 is 0 Å². The first-order valence-corrected chi connectivity index (χ1v) is 10.1. The summed E-state index contributed by atoms with van der Waals surface area (Å²) < 4.78 is 111. The minimum absolute atomic E-state index is 0.0889. The molecule has 5 aliphatic rings. The first-order chi connectivity index (χ1) is 14.6. The fourth-order valence-electron chi connectivity index (χ4n) is 5.70. The number of carbonyl (C=O) groups excluding carboxylic acids is 2. The van der Waals surface area contributed by atoms with Crippen LogP contribution in [0.15, 0.2) is 0 Å². The standard InChI is InChI=1S/C19H21F7O6/c1-15(20,21)13(27)32-16-4-9-2-10(5-16)17(11(3-9)6-16)30-8-12(31-17)7-29-14(28)18(22,23)19(24,25)26/h9-12H,2-8H2,1H3. The molecule has 0 aromatic carbocycles. The van der Waals surface area contributed by atoms with E-state index in [0.29, 0.717) is 26.2 Å². The van der Waals surface area contributed by atoms with Crippen molar-refractivity contribution in [1.82, 2.24) is 0 Å². The van der Waals surface area contributed by atoms with Gasteiger partial charge in [-0.05, 0) is 38.0 Å². The van der Waals surface area contributed by atoms with Crippen molar-refractivity contribution in [2.75, 3.05) is 13.2 Å². The molecule has 4 bridgehead atoms. The molecule has 6 nitrogen and oxygen atoms in total. The molecule has 0 aromatic heterocycles. The van der Waals surface area contributed by atoms with E-state index >= 15 is 0 Å². The molecule has 1 heterocycles. The van der Waals surface area contributed by atoms with Gasteiger partial charge in [-0.3, -0.25) is 0 Å². The van der Waals surface area contributed by atoms with Crippen LogP contribution in [-0.2, 0) is 28.5 Å². The summed E-state index contributed by atoms with van der Waals surface area (Å²) in [4.78, 5) is 23.0. The maximum Gasteiger partial charge on any atom is 0.465 e. The van der Waals surface area contributed by atoms with Gasteiger partial charge in [0.2, 0.25) is 0 Å². The molecule has 0 radical (unpaired) electrons. The number of carbonyl (C=O) groups is 2. The Hall–Kier alpha value is -1.63. The van der Waals surface area contributed by atoms with Crippen LogP contribution in [0.2, 0.25) is 0 Å². The number of rotatable bonds is 5. The SMILES string of the molecule is CC(F)(F)C(=O)OC12CC3CC(C1)C1(OCC(COC(=O)C(F)(F)C(F)(F)F)O1)C(C3)C2. The van der Waals surface area contributed by atoms with Crippen LogP contribution in [-0.4, -0.2) is 60.7 Å². The summed E-state index contributed by atoms with van der Waals surface area (Å²) in [5.41, 5.74) is -1.08. The average Bonchev–Trinajstić information content (AvgIpc) is 3.07. The van der Waals surface area contributed by atoms with Gasteiger partial charge in [0.1, 0.15) is 18.3 Å². The molecule has 0 N–H and O–H groups in total. The molecular weight excluding hydrogens is 457 g/mol. The van der Waals surface area contributed by atoms with Gasteiger partial charge in [0.25, 0.3) is 0 Å². The van der Waals surface area contributed by atoms with Crippen molar-refractivity contribution in [1.29, 1.82) is 0 Å². The summed E-state index contributed by atoms with van der Waals surface area (Å²) in [5.74, 6) is -15.5. The number of esters is 2. The Morgan fingerprint density at radius 3 is 2.09 bits per heavy atom. The zero-order chi connectivity index (χ0) is 23.7. The second-order valence-corrected chi connectivity index (χ2v) is 9.25. The summed E-state index contributed by atoms with van der Waals surface area (Å²) >= 11 is 0. The monoisotopic (exact) mass is 478 g/mol. The highest BCUT2D eigenvalue weighted by Crippen LogP contribution is 2.64. The van der Waals surface area contributed by atoms with Crippen LogP contribution in [0, 0.1) is 17.8 Å². The van der Waals surface area contributed by atoms with Crippen molar-refractivity contribution in [3.8, 4) is 0 Å². The van der Waals surface area contributed by atoms with E-state index in [9.17, 15) is 40.3 Å². The molecule has 1 spiro atoms. The highest BCUT2D eigenvalue weighted by Gasteiger charge is 2.68. The summed E-state index contributed by atoms with van der Waals surface area (Å²) in [6.45, 7) is -0.617.